The largest absolute Gasteiger partial charge is 0.345 e. The Morgan fingerprint density at radius 3 is 2.50 bits per heavy atom. The Morgan fingerprint density at radius 1 is 1.50 bits per heavy atom. The highest BCUT2D eigenvalue weighted by Gasteiger charge is 2.15. The highest BCUT2D eigenvalue weighted by Crippen LogP contribution is 2.17. The molecular formula is C7H12INO. The third-order valence-corrected chi connectivity index (χ3v) is 3.26. The van der Waals surface area contributed by atoms with Crippen molar-refractivity contribution in [1.82, 2.24) is 4.90 Å². The van der Waals surface area contributed by atoms with Crippen LogP contribution in [0, 0.1) is 5.92 Å². The van der Waals surface area contributed by atoms with Gasteiger partial charge in [-0.15, -0.1) is 0 Å². The van der Waals surface area contributed by atoms with E-state index in [0.717, 1.165) is 25.4 Å². The van der Waals surface area contributed by atoms with Gasteiger partial charge >= 0.3 is 0 Å². The van der Waals surface area contributed by atoms with Crippen LogP contribution in [0.1, 0.15) is 12.8 Å². The molecule has 0 aromatic rings. The molecule has 0 bridgehead atoms. The molecule has 1 saturated heterocycles. The summed E-state index contributed by atoms with van der Waals surface area (Å²) in [5.74, 6) is 0.858. The minimum atomic E-state index is 0.858. The molecule has 0 aromatic heterocycles. The van der Waals surface area contributed by atoms with Gasteiger partial charge in [-0.05, 0) is 18.8 Å². The van der Waals surface area contributed by atoms with Crippen molar-refractivity contribution in [3.63, 3.8) is 0 Å². The fourth-order valence-corrected chi connectivity index (χ4v) is 2.09. The van der Waals surface area contributed by atoms with E-state index in [1.807, 2.05) is 4.90 Å². The Bertz CT molecular complexity index is 110. The van der Waals surface area contributed by atoms with Gasteiger partial charge in [-0.2, -0.15) is 0 Å². The summed E-state index contributed by atoms with van der Waals surface area (Å²) in [6, 6.07) is 0. The van der Waals surface area contributed by atoms with Crippen LogP contribution < -0.4 is 0 Å². The van der Waals surface area contributed by atoms with Crippen molar-refractivity contribution in [2.24, 2.45) is 5.92 Å². The molecule has 0 aliphatic carbocycles. The maximum atomic E-state index is 10.3. The van der Waals surface area contributed by atoms with Crippen molar-refractivity contribution in [3.8, 4) is 0 Å². The number of likely N-dealkylation sites (tertiary alicyclic amines) is 1. The summed E-state index contributed by atoms with van der Waals surface area (Å²) in [4.78, 5) is 12.1. The number of hydrogen-bond acceptors (Lipinski definition) is 1. The summed E-state index contributed by atoms with van der Waals surface area (Å²) in [6.07, 6.45) is 3.35. The third kappa shape index (κ3) is 2.11. The van der Waals surface area contributed by atoms with E-state index in [1.165, 1.54) is 17.3 Å². The van der Waals surface area contributed by atoms with Gasteiger partial charge in [0.25, 0.3) is 0 Å². The lowest BCUT2D eigenvalue weighted by molar-refractivity contribution is -0.119. The van der Waals surface area contributed by atoms with E-state index in [0.29, 0.717) is 0 Å². The topological polar surface area (TPSA) is 20.3 Å². The molecule has 2 nitrogen and oxygen atoms in total. The third-order valence-electron chi connectivity index (χ3n) is 2.02. The van der Waals surface area contributed by atoms with Crippen molar-refractivity contribution in [3.05, 3.63) is 0 Å². The lowest BCUT2D eigenvalue weighted by atomic mass is 10.00. The van der Waals surface area contributed by atoms with Gasteiger partial charge in [0.15, 0.2) is 0 Å². The summed E-state index contributed by atoms with van der Waals surface area (Å²) in [6.45, 7) is 1.94. The minimum Gasteiger partial charge on any atom is -0.345 e. The van der Waals surface area contributed by atoms with Crippen molar-refractivity contribution >= 4 is 29.0 Å². The normalized spacial score (nSPS) is 21.1. The van der Waals surface area contributed by atoms with E-state index in [1.54, 1.807) is 0 Å². The Labute approximate surface area is 75.1 Å². The first-order chi connectivity index (χ1) is 4.86. The highest BCUT2D eigenvalue weighted by molar-refractivity contribution is 14.1. The predicted octanol–water partition coefficient (Wildman–Crippen LogP) is 1.29. The number of carbonyl (C=O) groups is 1. The fraction of sp³-hybridized carbons (Fsp3) is 0.857. The molecule has 0 aromatic carbocycles. The number of hydrogen-bond donors (Lipinski definition) is 0. The smallest absolute Gasteiger partial charge is 0.209 e. The first-order valence-electron chi connectivity index (χ1n) is 3.62. The van der Waals surface area contributed by atoms with Crippen molar-refractivity contribution in [2.75, 3.05) is 17.5 Å². The summed E-state index contributed by atoms with van der Waals surface area (Å²) >= 11 is 2.42. The molecule has 10 heavy (non-hydrogen) atoms. The molecule has 0 unspecified atom stereocenters. The molecule has 1 aliphatic heterocycles. The van der Waals surface area contributed by atoms with E-state index in [-0.39, 0.29) is 0 Å². The average molecular weight is 253 g/mol. The van der Waals surface area contributed by atoms with Crippen molar-refractivity contribution in [2.45, 2.75) is 12.8 Å². The quantitative estimate of drug-likeness (QED) is 0.412. The second kappa shape index (κ2) is 4.16. The zero-order valence-corrected chi connectivity index (χ0v) is 8.08. The fourth-order valence-electron chi connectivity index (χ4n) is 1.21. The molecular weight excluding hydrogens is 241 g/mol. The average Bonchev–Trinajstić information content (AvgIpc) is 2.05. The van der Waals surface area contributed by atoms with E-state index in [4.69, 9.17) is 0 Å². The first-order valence-corrected chi connectivity index (χ1v) is 5.14. The molecule has 0 saturated carbocycles. The highest BCUT2D eigenvalue weighted by atomic mass is 127. The molecule has 58 valence electrons. The number of alkyl halides is 1. The maximum absolute atomic E-state index is 10.3. The van der Waals surface area contributed by atoms with Gasteiger partial charge in [0.05, 0.1) is 0 Å². The van der Waals surface area contributed by atoms with Gasteiger partial charge < -0.3 is 4.90 Å². The van der Waals surface area contributed by atoms with Gasteiger partial charge in [-0.3, -0.25) is 4.79 Å². The number of halogens is 1. The maximum Gasteiger partial charge on any atom is 0.209 e. The summed E-state index contributed by atoms with van der Waals surface area (Å²) in [5.41, 5.74) is 0. The van der Waals surface area contributed by atoms with Gasteiger partial charge in [-0.1, -0.05) is 22.6 Å². The number of piperidine rings is 1. The van der Waals surface area contributed by atoms with Crippen LogP contribution in [0.2, 0.25) is 0 Å². The predicted molar refractivity (Wildman–Crippen MR) is 49.2 cm³/mol. The molecule has 1 rings (SSSR count). The van der Waals surface area contributed by atoms with E-state index in [9.17, 15) is 4.79 Å². The van der Waals surface area contributed by atoms with E-state index >= 15 is 0 Å². The Balaban J connectivity index is 2.23. The van der Waals surface area contributed by atoms with Crippen LogP contribution in [0.25, 0.3) is 0 Å². The molecule has 0 spiro atoms. The van der Waals surface area contributed by atoms with Crippen LogP contribution >= 0.6 is 22.6 Å². The zero-order chi connectivity index (χ0) is 7.40. The minimum absolute atomic E-state index is 0.858. The Morgan fingerprint density at radius 2 is 2.10 bits per heavy atom. The van der Waals surface area contributed by atoms with E-state index in [2.05, 4.69) is 22.6 Å². The molecule has 1 amide bonds. The number of amides is 1. The molecule has 3 heteroatoms. The second-order valence-electron chi connectivity index (χ2n) is 2.74. The summed E-state index contributed by atoms with van der Waals surface area (Å²) in [5, 5.41) is 0. The van der Waals surface area contributed by atoms with Crippen LogP contribution in [0.5, 0.6) is 0 Å². The van der Waals surface area contributed by atoms with E-state index < -0.39 is 0 Å². The second-order valence-corrected chi connectivity index (χ2v) is 3.62. The SMILES string of the molecule is O=CN1CCC(CI)CC1. The molecule has 0 atom stereocenters. The van der Waals surface area contributed by atoms with Crippen LogP contribution in [0.15, 0.2) is 0 Å². The first kappa shape index (κ1) is 8.30. The van der Waals surface area contributed by atoms with Crippen LogP contribution in [0.4, 0.5) is 0 Å². The molecule has 1 fully saturated rings. The number of nitrogens with zero attached hydrogens (tertiary/aromatic N) is 1. The van der Waals surface area contributed by atoms with Crippen LogP contribution in [0.3, 0.4) is 0 Å². The lowest BCUT2D eigenvalue weighted by Crippen LogP contribution is -2.32. The molecule has 0 radical (unpaired) electrons. The zero-order valence-electron chi connectivity index (χ0n) is 5.92. The van der Waals surface area contributed by atoms with Gasteiger partial charge in [-0.25, -0.2) is 0 Å². The summed E-state index contributed by atoms with van der Waals surface area (Å²) in [7, 11) is 0. The summed E-state index contributed by atoms with van der Waals surface area (Å²) < 4.78 is 1.24. The number of carbonyl (C=O) groups excluding carboxylic acids is 1. The van der Waals surface area contributed by atoms with Gasteiger partial charge in [0, 0.05) is 17.5 Å². The van der Waals surface area contributed by atoms with Gasteiger partial charge in [0.1, 0.15) is 0 Å². The molecule has 0 N–H and O–H groups in total. The Hall–Kier alpha value is 0.200. The van der Waals surface area contributed by atoms with Crippen LogP contribution in [-0.2, 0) is 4.79 Å². The van der Waals surface area contributed by atoms with Gasteiger partial charge in [0.2, 0.25) is 6.41 Å². The Kier molecular flexibility index (Phi) is 3.45. The molecule has 1 aliphatic rings. The number of rotatable bonds is 2. The van der Waals surface area contributed by atoms with Crippen molar-refractivity contribution < 1.29 is 4.79 Å². The lowest BCUT2D eigenvalue weighted by Gasteiger charge is -2.27. The monoisotopic (exact) mass is 253 g/mol. The van der Waals surface area contributed by atoms with Crippen molar-refractivity contribution in [1.29, 1.82) is 0 Å². The molecule has 1 heterocycles. The van der Waals surface area contributed by atoms with Crippen LogP contribution in [-0.4, -0.2) is 28.8 Å². The standard InChI is InChI=1S/C7H12INO/c8-5-7-1-3-9(6-10)4-2-7/h6-7H,1-5H2.